The lowest BCUT2D eigenvalue weighted by Crippen LogP contribution is -2.45. The van der Waals surface area contributed by atoms with Gasteiger partial charge in [-0.05, 0) is 30.2 Å². The first-order chi connectivity index (χ1) is 7.23. The van der Waals surface area contributed by atoms with Crippen molar-refractivity contribution in [3.8, 4) is 0 Å². The van der Waals surface area contributed by atoms with E-state index in [1.54, 1.807) is 0 Å². The van der Waals surface area contributed by atoms with Crippen LogP contribution in [0.5, 0.6) is 0 Å². The highest BCUT2D eigenvalue weighted by atomic mass is 32.1. The summed E-state index contributed by atoms with van der Waals surface area (Å²) in [6, 6.07) is 3.44. The van der Waals surface area contributed by atoms with Crippen molar-refractivity contribution < 1.29 is 9.59 Å². The van der Waals surface area contributed by atoms with E-state index in [1.165, 1.54) is 11.3 Å². The van der Waals surface area contributed by atoms with Gasteiger partial charge in [-0.3, -0.25) is 10.1 Å². The highest BCUT2D eigenvalue weighted by Crippen LogP contribution is 2.48. The lowest BCUT2D eigenvalue weighted by molar-refractivity contribution is -0.124. The van der Waals surface area contributed by atoms with Crippen LogP contribution in [0.4, 0.5) is 4.79 Å². The zero-order valence-corrected chi connectivity index (χ0v) is 8.76. The summed E-state index contributed by atoms with van der Waals surface area (Å²) < 4.78 is 0. The Labute approximate surface area is 90.7 Å². The van der Waals surface area contributed by atoms with Crippen LogP contribution in [0, 0.1) is 5.92 Å². The van der Waals surface area contributed by atoms with Crippen LogP contribution in [0.1, 0.15) is 17.7 Å². The van der Waals surface area contributed by atoms with Gasteiger partial charge < -0.3 is 5.32 Å². The molecule has 1 aromatic heterocycles. The predicted molar refractivity (Wildman–Crippen MR) is 55.4 cm³/mol. The highest BCUT2D eigenvalue weighted by molar-refractivity contribution is 7.10. The standard InChI is InChI=1S/C10H10N2O2S/c13-8-10(6-3-4-6,12-9(14)11-8)7-2-1-5-15-7/h1-2,5-6H,3-4H2,(H2,11,12,13,14). The molecule has 2 aliphatic rings. The van der Waals surface area contributed by atoms with Crippen molar-refractivity contribution in [2.45, 2.75) is 18.4 Å². The Morgan fingerprint density at radius 2 is 2.20 bits per heavy atom. The van der Waals surface area contributed by atoms with Gasteiger partial charge >= 0.3 is 6.03 Å². The summed E-state index contributed by atoms with van der Waals surface area (Å²) in [5.74, 6) is 0.0695. The van der Waals surface area contributed by atoms with E-state index in [0.717, 1.165) is 17.7 Å². The number of hydrogen-bond donors (Lipinski definition) is 2. The van der Waals surface area contributed by atoms with Crippen LogP contribution in [0.25, 0.3) is 0 Å². The van der Waals surface area contributed by atoms with Crippen molar-refractivity contribution in [3.63, 3.8) is 0 Å². The lowest BCUT2D eigenvalue weighted by Gasteiger charge is -2.24. The van der Waals surface area contributed by atoms with E-state index in [4.69, 9.17) is 0 Å². The summed E-state index contributed by atoms with van der Waals surface area (Å²) in [7, 11) is 0. The topological polar surface area (TPSA) is 58.2 Å². The van der Waals surface area contributed by atoms with Gasteiger partial charge in [0.05, 0.1) is 0 Å². The molecule has 3 amide bonds. The Hall–Kier alpha value is -1.36. The van der Waals surface area contributed by atoms with Gasteiger partial charge in [0.25, 0.3) is 5.91 Å². The van der Waals surface area contributed by atoms with Crippen LogP contribution in [0.2, 0.25) is 0 Å². The number of imide groups is 1. The van der Waals surface area contributed by atoms with E-state index in [-0.39, 0.29) is 17.9 Å². The van der Waals surface area contributed by atoms with Gasteiger partial charge in [-0.2, -0.15) is 0 Å². The molecule has 2 heterocycles. The quantitative estimate of drug-likeness (QED) is 0.738. The maximum atomic E-state index is 11.9. The Balaban J connectivity index is 2.10. The van der Waals surface area contributed by atoms with Crippen molar-refractivity contribution in [1.29, 1.82) is 0 Å². The number of urea groups is 1. The smallest absolute Gasteiger partial charge is 0.318 e. The first-order valence-electron chi connectivity index (χ1n) is 4.91. The van der Waals surface area contributed by atoms with Gasteiger partial charge in [-0.1, -0.05) is 6.07 Å². The molecule has 78 valence electrons. The van der Waals surface area contributed by atoms with Crippen LogP contribution in [0.15, 0.2) is 17.5 Å². The van der Waals surface area contributed by atoms with Crippen LogP contribution in [-0.2, 0) is 10.3 Å². The molecule has 1 saturated carbocycles. The normalized spacial score (nSPS) is 30.1. The van der Waals surface area contributed by atoms with Gasteiger partial charge in [-0.15, -0.1) is 11.3 Å². The Morgan fingerprint density at radius 3 is 2.67 bits per heavy atom. The second-order valence-corrected chi connectivity index (χ2v) is 4.92. The minimum Gasteiger partial charge on any atom is -0.318 e. The molecule has 0 spiro atoms. The molecule has 1 aliphatic heterocycles. The summed E-state index contributed by atoms with van der Waals surface area (Å²) >= 11 is 1.52. The monoisotopic (exact) mass is 222 g/mol. The van der Waals surface area contributed by atoms with E-state index < -0.39 is 5.54 Å². The van der Waals surface area contributed by atoms with Gasteiger partial charge in [0, 0.05) is 4.88 Å². The maximum absolute atomic E-state index is 11.9. The fourth-order valence-corrected chi connectivity index (χ4v) is 3.11. The summed E-state index contributed by atoms with van der Waals surface area (Å²) in [6.07, 6.45) is 2.01. The third-order valence-electron chi connectivity index (χ3n) is 3.00. The van der Waals surface area contributed by atoms with Gasteiger partial charge in [0.2, 0.25) is 0 Å². The third-order valence-corrected chi connectivity index (χ3v) is 4.00. The fourth-order valence-electron chi connectivity index (χ4n) is 2.15. The molecule has 1 aromatic rings. The molecule has 0 bridgehead atoms. The molecule has 3 rings (SSSR count). The molecule has 0 aromatic carbocycles. The molecule has 15 heavy (non-hydrogen) atoms. The average Bonchev–Trinajstić information content (AvgIpc) is 2.80. The summed E-state index contributed by atoms with van der Waals surface area (Å²) in [5.41, 5.74) is -0.773. The number of hydrogen-bond acceptors (Lipinski definition) is 3. The summed E-state index contributed by atoms with van der Waals surface area (Å²) in [4.78, 5) is 24.1. The molecule has 2 fully saturated rings. The summed E-state index contributed by atoms with van der Waals surface area (Å²) in [6.45, 7) is 0. The van der Waals surface area contributed by atoms with E-state index in [1.807, 2.05) is 17.5 Å². The number of rotatable bonds is 2. The largest absolute Gasteiger partial charge is 0.322 e. The number of amides is 3. The van der Waals surface area contributed by atoms with Crippen molar-refractivity contribution in [2.24, 2.45) is 5.92 Å². The van der Waals surface area contributed by atoms with Crippen LogP contribution in [-0.4, -0.2) is 11.9 Å². The predicted octanol–water partition coefficient (Wildman–Crippen LogP) is 1.19. The van der Waals surface area contributed by atoms with Crippen molar-refractivity contribution >= 4 is 23.3 Å². The molecular formula is C10H10N2O2S. The Bertz CT molecular complexity index is 425. The SMILES string of the molecule is O=C1NC(=O)C(c2cccs2)(C2CC2)N1. The molecule has 1 atom stereocenters. The van der Waals surface area contributed by atoms with E-state index >= 15 is 0 Å². The lowest BCUT2D eigenvalue weighted by atomic mass is 9.91. The molecule has 1 saturated heterocycles. The summed E-state index contributed by atoms with van der Waals surface area (Å²) in [5, 5.41) is 7.06. The van der Waals surface area contributed by atoms with Gasteiger partial charge in [-0.25, -0.2) is 4.79 Å². The highest BCUT2D eigenvalue weighted by Gasteiger charge is 2.57. The molecule has 4 nitrogen and oxygen atoms in total. The molecule has 2 N–H and O–H groups in total. The molecule has 5 heteroatoms. The molecule has 0 radical (unpaired) electrons. The Kier molecular flexibility index (Phi) is 1.68. The zero-order valence-electron chi connectivity index (χ0n) is 7.95. The number of carbonyl (C=O) groups is 2. The van der Waals surface area contributed by atoms with Crippen molar-refractivity contribution in [2.75, 3.05) is 0 Å². The maximum Gasteiger partial charge on any atom is 0.322 e. The Morgan fingerprint density at radius 1 is 1.40 bits per heavy atom. The van der Waals surface area contributed by atoms with Gasteiger partial charge in [0.1, 0.15) is 0 Å². The molecule has 1 unspecified atom stereocenters. The molecular weight excluding hydrogens is 212 g/mol. The minimum atomic E-state index is -0.773. The average molecular weight is 222 g/mol. The second kappa shape index (κ2) is 2.82. The van der Waals surface area contributed by atoms with Gasteiger partial charge in [0.15, 0.2) is 5.54 Å². The third kappa shape index (κ3) is 1.13. The van der Waals surface area contributed by atoms with Crippen molar-refractivity contribution in [3.05, 3.63) is 22.4 Å². The zero-order chi connectivity index (χ0) is 10.5. The first-order valence-corrected chi connectivity index (χ1v) is 5.79. The van der Waals surface area contributed by atoms with Crippen LogP contribution < -0.4 is 10.6 Å². The second-order valence-electron chi connectivity index (χ2n) is 3.97. The number of nitrogens with one attached hydrogen (secondary N) is 2. The fraction of sp³-hybridized carbons (Fsp3) is 0.400. The van der Waals surface area contributed by atoms with Crippen LogP contribution in [0.3, 0.4) is 0 Å². The van der Waals surface area contributed by atoms with E-state index in [9.17, 15) is 9.59 Å². The molecule has 1 aliphatic carbocycles. The van der Waals surface area contributed by atoms with Crippen molar-refractivity contribution in [1.82, 2.24) is 10.6 Å². The number of carbonyl (C=O) groups excluding carboxylic acids is 2. The minimum absolute atomic E-state index is 0.197. The first kappa shape index (κ1) is 8.91. The van der Waals surface area contributed by atoms with Crippen LogP contribution >= 0.6 is 11.3 Å². The number of thiophene rings is 1. The van der Waals surface area contributed by atoms with E-state index in [0.29, 0.717) is 0 Å². The van der Waals surface area contributed by atoms with E-state index in [2.05, 4.69) is 10.6 Å².